The Morgan fingerprint density at radius 3 is 3.00 bits per heavy atom. The first-order valence-electron chi connectivity index (χ1n) is 6.54. The molecule has 0 spiro atoms. The molecule has 114 valence electrons. The molecule has 1 aliphatic carbocycles. The number of hydrogen-bond acceptors (Lipinski definition) is 2. The van der Waals surface area contributed by atoms with Crippen LogP contribution in [0, 0.1) is 0 Å². The maximum absolute atomic E-state index is 12.2. The van der Waals surface area contributed by atoms with Crippen molar-refractivity contribution in [3.63, 3.8) is 0 Å². The number of ether oxygens (including phenoxy) is 1. The molecule has 1 N–H and O–H groups in total. The summed E-state index contributed by atoms with van der Waals surface area (Å²) >= 11 is 6.25. The van der Waals surface area contributed by atoms with Crippen LogP contribution in [-0.2, 0) is 0 Å². The van der Waals surface area contributed by atoms with Crippen LogP contribution in [0.4, 0.5) is 13.6 Å². The number of benzene rings is 1. The lowest BCUT2D eigenvalue weighted by Gasteiger charge is -2.17. The van der Waals surface area contributed by atoms with Crippen LogP contribution in [0.2, 0.25) is 5.02 Å². The Morgan fingerprint density at radius 2 is 2.23 bits per heavy atom. The van der Waals surface area contributed by atoms with E-state index >= 15 is 0 Å². The van der Waals surface area contributed by atoms with Crippen LogP contribution in [0.15, 0.2) is 47.1 Å². The Kier molecular flexibility index (Phi) is 3.94. The first-order valence-corrected chi connectivity index (χ1v) is 6.92. The van der Waals surface area contributed by atoms with Gasteiger partial charge in [-0.25, -0.2) is 13.6 Å². The van der Waals surface area contributed by atoms with Gasteiger partial charge in [-0.2, -0.15) is 4.99 Å². The van der Waals surface area contributed by atoms with Crippen LogP contribution in [0.1, 0.15) is 11.5 Å². The van der Waals surface area contributed by atoms with E-state index in [0.29, 0.717) is 17.0 Å². The molecule has 0 bridgehead atoms. The highest BCUT2D eigenvalue weighted by atomic mass is 35.5. The average Bonchev–Trinajstić information content (AvgIpc) is 2.85. The molecule has 0 radical (unpaired) electrons. The second-order valence-electron chi connectivity index (χ2n) is 4.75. The molecule has 7 heteroatoms. The Bertz CT molecular complexity index is 713. The summed E-state index contributed by atoms with van der Waals surface area (Å²) in [5.74, 6) is 0.0103. The molecule has 3 rings (SSSR count). The summed E-state index contributed by atoms with van der Waals surface area (Å²) in [6.07, 6.45) is 2.80. The van der Waals surface area contributed by atoms with Gasteiger partial charge in [-0.15, -0.1) is 0 Å². The SMILES string of the molecule is O=C1N=C2C=CC(c3cccc(OCC(F)F)c3Cl)C=C2N1. The van der Waals surface area contributed by atoms with E-state index in [1.807, 2.05) is 12.2 Å². The molecule has 0 aromatic heterocycles. The van der Waals surface area contributed by atoms with Crippen molar-refractivity contribution < 1.29 is 18.3 Å². The number of nitrogens with zero attached hydrogens (tertiary/aromatic N) is 1. The minimum Gasteiger partial charge on any atom is -0.486 e. The summed E-state index contributed by atoms with van der Waals surface area (Å²) in [7, 11) is 0. The molecule has 0 fully saturated rings. The quantitative estimate of drug-likeness (QED) is 0.918. The molecular formula is C15H11ClF2N2O2. The third-order valence-electron chi connectivity index (χ3n) is 3.26. The molecule has 22 heavy (non-hydrogen) atoms. The van der Waals surface area contributed by atoms with Crippen LogP contribution in [0.5, 0.6) is 5.75 Å². The van der Waals surface area contributed by atoms with Crippen LogP contribution in [0.25, 0.3) is 0 Å². The second-order valence-corrected chi connectivity index (χ2v) is 5.13. The highest BCUT2D eigenvalue weighted by molar-refractivity contribution is 6.33. The van der Waals surface area contributed by atoms with Gasteiger partial charge in [-0.3, -0.25) is 0 Å². The van der Waals surface area contributed by atoms with Crippen molar-refractivity contribution in [3.05, 3.63) is 52.7 Å². The largest absolute Gasteiger partial charge is 0.486 e. The molecule has 2 amide bonds. The summed E-state index contributed by atoms with van der Waals surface area (Å²) < 4.78 is 29.5. The predicted molar refractivity (Wildman–Crippen MR) is 78.9 cm³/mol. The summed E-state index contributed by atoms with van der Waals surface area (Å²) in [5, 5.41) is 2.90. The number of halogens is 3. The fraction of sp³-hybridized carbons (Fsp3) is 0.200. The predicted octanol–water partition coefficient (Wildman–Crippen LogP) is 3.69. The number of aliphatic imine (C=N–C) groups is 1. The maximum Gasteiger partial charge on any atom is 0.346 e. The first-order chi connectivity index (χ1) is 10.5. The summed E-state index contributed by atoms with van der Waals surface area (Å²) in [6.45, 7) is -0.711. The van der Waals surface area contributed by atoms with E-state index in [2.05, 4.69) is 10.3 Å². The molecule has 1 heterocycles. The topological polar surface area (TPSA) is 50.7 Å². The highest BCUT2D eigenvalue weighted by Crippen LogP contribution is 2.36. The highest BCUT2D eigenvalue weighted by Gasteiger charge is 2.24. The molecule has 4 nitrogen and oxygen atoms in total. The van der Waals surface area contributed by atoms with E-state index in [1.165, 1.54) is 6.07 Å². The number of allylic oxidation sites excluding steroid dienone is 3. The van der Waals surface area contributed by atoms with E-state index in [-0.39, 0.29) is 16.7 Å². The van der Waals surface area contributed by atoms with E-state index < -0.39 is 19.1 Å². The monoisotopic (exact) mass is 324 g/mol. The van der Waals surface area contributed by atoms with Gasteiger partial charge in [0.15, 0.2) is 0 Å². The minimum atomic E-state index is -2.57. The van der Waals surface area contributed by atoms with Crippen molar-refractivity contribution in [2.75, 3.05) is 6.61 Å². The van der Waals surface area contributed by atoms with Crippen molar-refractivity contribution >= 4 is 23.3 Å². The Morgan fingerprint density at radius 1 is 1.41 bits per heavy atom. The van der Waals surface area contributed by atoms with Gasteiger partial charge >= 0.3 is 6.03 Å². The Hall–Kier alpha value is -2.21. The lowest BCUT2D eigenvalue weighted by molar-refractivity contribution is 0.0819. The molecule has 0 saturated heterocycles. The summed E-state index contributed by atoms with van der Waals surface area (Å²) in [6, 6.07) is 4.60. The number of hydrogen-bond donors (Lipinski definition) is 1. The number of carbonyl (C=O) groups is 1. The molecule has 1 aliphatic heterocycles. The minimum absolute atomic E-state index is 0.199. The van der Waals surface area contributed by atoms with E-state index in [9.17, 15) is 13.6 Å². The Labute approximate surface area is 130 Å². The van der Waals surface area contributed by atoms with Crippen LogP contribution < -0.4 is 10.1 Å². The zero-order chi connectivity index (χ0) is 15.7. The summed E-state index contributed by atoms with van der Waals surface area (Å²) in [4.78, 5) is 15.0. The van der Waals surface area contributed by atoms with E-state index in [1.54, 1.807) is 18.2 Å². The van der Waals surface area contributed by atoms with E-state index in [4.69, 9.17) is 16.3 Å². The smallest absolute Gasteiger partial charge is 0.346 e. The van der Waals surface area contributed by atoms with Gasteiger partial charge in [0.1, 0.15) is 12.4 Å². The van der Waals surface area contributed by atoms with Crippen molar-refractivity contribution in [3.8, 4) is 5.75 Å². The molecule has 1 atom stereocenters. The zero-order valence-corrected chi connectivity index (χ0v) is 12.0. The molecule has 1 unspecified atom stereocenters. The van der Waals surface area contributed by atoms with Gasteiger partial charge in [0.25, 0.3) is 6.43 Å². The zero-order valence-electron chi connectivity index (χ0n) is 11.2. The lowest BCUT2D eigenvalue weighted by Crippen LogP contribution is -2.17. The molecule has 1 aromatic carbocycles. The number of nitrogens with one attached hydrogen (secondary N) is 1. The number of fused-ring (bicyclic) bond motifs is 1. The van der Waals surface area contributed by atoms with Gasteiger partial charge in [0.05, 0.1) is 16.4 Å². The normalized spacial score (nSPS) is 19.6. The third-order valence-corrected chi connectivity index (χ3v) is 3.67. The van der Waals surface area contributed by atoms with Crippen LogP contribution >= 0.6 is 11.6 Å². The second kappa shape index (κ2) is 5.88. The maximum atomic E-state index is 12.2. The molecule has 0 saturated carbocycles. The van der Waals surface area contributed by atoms with E-state index in [0.717, 1.165) is 0 Å². The molecule has 1 aromatic rings. The van der Waals surface area contributed by atoms with Gasteiger partial charge in [0, 0.05) is 5.92 Å². The summed E-state index contributed by atoms with van der Waals surface area (Å²) in [5.41, 5.74) is 1.90. The van der Waals surface area contributed by atoms with Gasteiger partial charge in [-0.05, 0) is 23.8 Å². The van der Waals surface area contributed by atoms with Gasteiger partial charge in [-0.1, -0.05) is 29.8 Å². The lowest BCUT2D eigenvalue weighted by atomic mass is 9.92. The van der Waals surface area contributed by atoms with Crippen LogP contribution in [0.3, 0.4) is 0 Å². The Balaban J connectivity index is 1.87. The van der Waals surface area contributed by atoms with Gasteiger partial charge in [0.2, 0.25) is 0 Å². The molecular weight excluding hydrogens is 314 g/mol. The fourth-order valence-corrected chi connectivity index (χ4v) is 2.61. The van der Waals surface area contributed by atoms with Crippen LogP contribution in [-0.4, -0.2) is 24.8 Å². The van der Waals surface area contributed by atoms with Gasteiger partial charge < -0.3 is 10.1 Å². The third kappa shape index (κ3) is 2.87. The fourth-order valence-electron chi connectivity index (χ4n) is 2.30. The number of carbonyl (C=O) groups excluding carboxylic acids is 1. The van der Waals surface area contributed by atoms with Crippen molar-refractivity contribution in [1.29, 1.82) is 0 Å². The van der Waals surface area contributed by atoms with Crippen molar-refractivity contribution in [2.24, 2.45) is 4.99 Å². The number of alkyl halides is 2. The van der Waals surface area contributed by atoms with Crippen molar-refractivity contribution in [1.82, 2.24) is 5.32 Å². The van der Waals surface area contributed by atoms with Crippen molar-refractivity contribution in [2.45, 2.75) is 12.3 Å². The average molecular weight is 325 g/mol. The number of rotatable bonds is 4. The molecule has 2 aliphatic rings. The standard InChI is InChI=1S/C15H11ClF2N2O2/c16-14-9(2-1-3-12(14)22-7-13(17)18)8-4-5-10-11(6-8)20-15(21)19-10/h1-6,8,13H,7H2,(H,20,21). The first kappa shape index (κ1) is 14.7. The number of amides is 2. The number of urea groups is 1.